The number of esters is 1. The van der Waals surface area contributed by atoms with Crippen molar-refractivity contribution in [3.8, 4) is 5.75 Å². The van der Waals surface area contributed by atoms with Crippen LogP contribution in [0.1, 0.15) is 65.5 Å². The maximum atomic E-state index is 12.7. The molecule has 1 unspecified atom stereocenters. The average Bonchev–Trinajstić information content (AvgIpc) is 2.57. The lowest BCUT2D eigenvalue weighted by molar-refractivity contribution is -0.157. The Morgan fingerprint density at radius 2 is 1.67 bits per heavy atom. The van der Waals surface area contributed by atoms with Crippen LogP contribution >= 0.6 is 0 Å². The van der Waals surface area contributed by atoms with Crippen LogP contribution in [0.2, 0.25) is 0 Å². The second-order valence-electron chi connectivity index (χ2n) is 9.27. The number of amides is 1. The number of hydrogen-bond acceptors (Lipinski definition) is 5. The first-order valence-electron chi connectivity index (χ1n) is 10.3. The van der Waals surface area contributed by atoms with Crippen LogP contribution in [0.3, 0.4) is 0 Å². The van der Waals surface area contributed by atoms with Gasteiger partial charge in [0.1, 0.15) is 23.0 Å². The normalized spacial score (nSPS) is 12.8. The van der Waals surface area contributed by atoms with Crippen molar-refractivity contribution in [2.24, 2.45) is 0 Å². The number of alkyl halides is 1. The molecule has 0 bridgehead atoms. The third kappa shape index (κ3) is 10.5. The lowest BCUT2D eigenvalue weighted by Gasteiger charge is -2.26. The van der Waals surface area contributed by atoms with E-state index in [1.54, 1.807) is 41.5 Å². The highest BCUT2D eigenvalue weighted by atomic mass is 19.1. The summed E-state index contributed by atoms with van der Waals surface area (Å²) in [5.74, 6) is 0.0942. The highest BCUT2D eigenvalue weighted by molar-refractivity contribution is 5.82. The van der Waals surface area contributed by atoms with Crippen molar-refractivity contribution in [1.29, 1.82) is 0 Å². The van der Waals surface area contributed by atoms with E-state index in [9.17, 15) is 14.0 Å². The van der Waals surface area contributed by atoms with Gasteiger partial charge in [-0.3, -0.25) is 4.39 Å². The van der Waals surface area contributed by atoms with Crippen LogP contribution in [-0.4, -0.2) is 42.6 Å². The number of rotatable bonds is 9. The third-order valence-electron chi connectivity index (χ3n) is 3.92. The molecule has 1 atom stereocenters. The Bertz CT molecular complexity index is 707. The summed E-state index contributed by atoms with van der Waals surface area (Å²) in [5.41, 5.74) is 0.406. The zero-order chi connectivity index (χ0) is 22.9. The predicted octanol–water partition coefficient (Wildman–Crippen LogP) is 4.90. The largest absolute Gasteiger partial charge is 0.494 e. The Labute approximate surface area is 179 Å². The quantitative estimate of drug-likeness (QED) is 0.450. The van der Waals surface area contributed by atoms with Crippen LogP contribution in [0.4, 0.5) is 9.18 Å². The summed E-state index contributed by atoms with van der Waals surface area (Å²) in [6, 6.07) is 4.63. The number of carbonyl (C=O) groups excluding carboxylic acids is 2. The Kier molecular flexibility index (Phi) is 9.59. The summed E-state index contributed by atoms with van der Waals surface area (Å²) in [6.07, 6.45) is 0.621. The van der Waals surface area contributed by atoms with Crippen LogP contribution in [0.15, 0.2) is 18.2 Å². The minimum Gasteiger partial charge on any atom is -0.494 e. The molecule has 0 aliphatic heterocycles. The monoisotopic (exact) mass is 425 g/mol. The SMILES string of the molecule is Cc1ccc(OCCCCF)cc1CC(NC(=O)OC(C)(C)C)C(=O)OC(C)(C)C. The predicted molar refractivity (Wildman–Crippen MR) is 115 cm³/mol. The fourth-order valence-corrected chi connectivity index (χ4v) is 2.58. The van der Waals surface area contributed by atoms with Crippen LogP contribution in [0.5, 0.6) is 5.75 Å². The van der Waals surface area contributed by atoms with Gasteiger partial charge in [0.05, 0.1) is 13.3 Å². The first kappa shape index (κ1) is 25.7. The van der Waals surface area contributed by atoms with Crippen LogP contribution in [0.25, 0.3) is 0 Å². The molecular weight excluding hydrogens is 389 g/mol. The Balaban J connectivity index is 2.98. The van der Waals surface area contributed by atoms with Gasteiger partial charge in [-0.2, -0.15) is 0 Å². The van der Waals surface area contributed by atoms with Gasteiger partial charge < -0.3 is 19.5 Å². The van der Waals surface area contributed by atoms with Crippen LogP contribution < -0.4 is 10.1 Å². The summed E-state index contributed by atoms with van der Waals surface area (Å²) >= 11 is 0. The second kappa shape index (κ2) is 11.2. The molecule has 0 aromatic heterocycles. The van der Waals surface area contributed by atoms with Crippen molar-refractivity contribution in [2.75, 3.05) is 13.3 Å². The fourth-order valence-electron chi connectivity index (χ4n) is 2.58. The molecule has 0 aliphatic rings. The summed E-state index contributed by atoms with van der Waals surface area (Å²) in [5, 5.41) is 2.63. The van der Waals surface area contributed by atoms with E-state index in [4.69, 9.17) is 14.2 Å². The molecule has 1 aromatic carbocycles. The molecule has 0 spiro atoms. The van der Waals surface area contributed by atoms with Gasteiger partial charge in [-0.15, -0.1) is 0 Å². The molecule has 0 fully saturated rings. The van der Waals surface area contributed by atoms with E-state index < -0.39 is 29.3 Å². The number of hydrogen-bond donors (Lipinski definition) is 1. The molecule has 0 aliphatic carbocycles. The molecule has 30 heavy (non-hydrogen) atoms. The van der Waals surface area contributed by atoms with E-state index in [0.29, 0.717) is 25.2 Å². The van der Waals surface area contributed by atoms with Gasteiger partial charge in [-0.25, -0.2) is 9.59 Å². The molecule has 6 nitrogen and oxygen atoms in total. The molecule has 0 radical (unpaired) electrons. The first-order chi connectivity index (χ1) is 13.8. The molecule has 0 saturated heterocycles. The smallest absolute Gasteiger partial charge is 0.408 e. The summed E-state index contributed by atoms with van der Waals surface area (Å²) < 4.78 is 28.7. The highest BCUT2D eigenvalue weighted by Crippen LogP contribution is 2.21. The number of benzene rings is 1. The summed E-state index contributed by atoms with van der Waals surface area (Å²) in [6.45, 7) is 12.5. The minimum atomic E-state index is -0.917. The maximum absolute atomic E-state index is 12.7. The molecule has 0 heterocycles. The zero-order valence-electron chi connectivity index (χ0n) is 19.3. The van der Waals surface area contributed by atoms with Gasteiger partial charge in [0.15, 0.2) is 0 Å². The number of alkyl carbamates (subject to hydrolysis) is 1. The molecule has 1 rings (SSSR count). The molecule has 170 valence electrons. The summed E-state index contributed by atoms with van der Waals surface area (Å²) in [7, 11) is 0. The lowest BCUT2D eigenvalue weighted by Crippen LogP contribution is -2.47. The number of halogens is 1. The molecule has 1 amide bonds. The molecule has 1 N–H and O–H groups in total. The lowest BCUT2D eigenvalue weighted by atomic mass is 10.0. The highest BCUT2D eigenvalue weighted by Gasteiger charge is 2.29. The maximum Gasteiger partial charge on any atom is 0.408 e. The fraction of sp³-hybridized carbons (Fsp3) is 0.652. The number of nitrogens with one attached hydrogen (secondary N) is 1. The molecular formula is C23H36FNO5. The molecule has 0 saturated carbocycles. The van der Waals surface area contributed by atoms with Gasteiger partial charge in [0.25, 0.3) is 0 Å². The van der Waals surface area contributed by atoms with Gasteiger partial charge in [0, 0.05) is 6.42 Å². The van der Waals surface area contributed by atoms with Gasteiger partial charge in [0.2, 0.25) is 0 Å². The van der Waals surface area contributed by atoms with E-state index in [0.717, 1.165) is 11.1 Å². The standard InChI is InChI=1S/C23H36FNO5/c1-16-10-11-18(28-13-9-8-12-24)14-17(16)15-19(20(26)29-22(2,3)4)25-21(27)30-23(5,6)7/h10-11,14,19H,8-9,12-13,15H2,1-7H3,(H,25,27). The number of unbranched alkanes of at least 4 members (excludes halogenated alkanes) is 1. The molecule has 7 heteroatoms. The van der Waals surface area contributed by atoms with Crippen LogP contribution in [-0.2, 0) is 20.7 Å². The number of carbonyl (C=O) groups is 2. The van der Waals surface area contributed by atoms with E-state index in [1.165, 1.54) is 0 Å². The van der Waals surface area contributed by atoms with E-state index >= 15 is 0 Å². The van der Waals surface area contributed by atoms with Gasteiger partial charge >= 0.3 is 12.1 Å². The second-order valence-corrected chi connectivity index (χ2v) is 9.27. The van der Waals surface area contributed by atoms with Crippen molar-refractivity contribution >= 4 is 12.1 Å². The van der Waals surface area contributed by atoms with Crippen molar-refractivity contribution in [3.63, 3.8) is 0 Å². The van der Waals surface area contributed by atoms with E-state index in [-0.39, 0.29) is 13.1 Å². The number of ether oxygens (including phenoxy) is 3. The van der Waals surface area contributed by atoms with Crippen molar-refractivity contribution < 1.29 is 28.2 Å². The first-order valence-corrected chi connectivity index (χ1v) is 10.3. The topological polar surface area (TPSA) is 73.9 Å². The molecule has 1 aromatic rings. The van der Waals surface area contributed by atoms with Crippen molar-refractivity contribution in [2.45, 2.75) is 85.0 Å². The van der Waals surface area contributed by atoms with E-state index in [2.05, 4.69) is 5.32 Å². The zero-order valence-corrected chi connectivity index (χ0v) is 19.3. The summed E-state index contributed by atoms with van der Waals surface area (Å²) in [4.78, 5) is 25.0. The van der Waals surface area contributed by atoms with Gasteiger partial charge in [-0.1, -0.05) is 6.07 Å². The Morgan fingerprint density at radius 1 is 1.03 bits per heavy atom. The average molecular weight is 426 g/mol. The number of aryl methyl sites for hydroxylation is 1. The minimum absolute atomic E-state index is 0.224. The van der Waals surface area contributed by atoms with Gasteiger partial charge in [-0.05, 0) is 84.6 Å². The Morgan fingerprint density at radius 3 is 2.23 bits per heavy atom. The van der Waals surface area contributed by atoms with E-state index in [1.807, 2.05) is 25.1 Å². The van der Waals surface area contributed by atoms with Crippen LogP contribution in [0, 0.1) is 6.92 Å². The van der Waals surface area contributed by atoms with Crippen molar-refractivity contribution in [1.82, 2.24) is 5.32 Å². The van der Waals surface area contributed by atoms with Crippen molar-refractivity contribution in [3.05, 3.63) is 29.3 Å². The third-order valence-corrected chi connectivity index (χ3v) is 3.92. The Hall–Kier alpha value is -2.31.